The highest BCUT2D eigenvalue weighted by molar-refractivity contribution is 6.42. The molecule has 1 aliphatic heterocycles. The van der Waals surface area contributed by atoms with Gasteiger partial charge in [-0.15, -0.1) is 0 Å². The second kappa shape index (κ2) is 9.14. The van der Waals surface area contributed by atoms with E-state index in [0.717, 1.165) is 4.90 Å². The lowest BCUT2D eigenvalue weighted by Gasteiger charge is -2.15. The van der Waals surface area contributed by atoms with E-state index in [2.05, 4.69) is 5.32 Å². The van der Waals surface area contributed by atoms with E-state index in [1.165, 1.54) is 24.3 Å². The van der Waals surface area contributed by atoms with E-state index in [1.807, 2.05) is 12.2 Å². The van der Waals surface area contributed by atoms with Crippen LogP contribution in [0, 0.1) is 11.8 Å². The Morgan fingerprint density at radius 2 is 1.66 bits per heavy atom. The average molecular weight is 473 g/mol. The van der Waals surface area contributed by atoms with E-state index < -0.39 is 18.5 Å². The summed E-state index contributed by atoms with van der Waals surface area (Å²) >= 11 is 11.7. The Morgan fingerprint density at radius 1 is 0.969 bits per heavy atom. The van der Waals surface area contributed by atoms with Gasteiger partial charge < -0.3 is 10.1 Å². The standard InChI is InChI=1S/C23H18Cl2N2O5/c24-18-9-8-14(11-19(18)25)26-20(28)12-32-23(31)13-4-3-5-15(10-13)27-21(29)16-6-1-2-7-17(16)22(27)30/h1-5,8-11,16-17H,6-7,12H2,(H,26,28)/t16-,17+. The number of esters is 1. The van der Waals surface area contributed by atoms with E-state index in [9.17, 15) is 19.2 Å². The topological polar surface area (TPSA) is 92.8 Å². The van der Waals surface area contributed by atoms with Crippen LogP contribution in [0.5, 0.6) is 0 Å². The lowest BCUT2D eigenvalue weighted by molar-refractivity contribution is -0.122. The Balaban J connectivity index is 1.40. The maximum absolute atomic E-state index is 12.7. The van der Waals surface area contributed by atoms with Gasteiger partial charge >= 0.3 is 5.97 Å². The number of fused-ring (bicyclic) bond motifs is 1. The van der Waals surface area contributed by atoms with Gasteiger partial charge in [-0.05, 0) is 49.2 Å². The number of ether oxygens (including phenoxy) is 1. The number of imide groups is 1. The molecular weight excluding hydrogens is 455 g/mol. The molecule has 1 aliphatic carbocycles. The van der Waals surface area contributed by atoms with Crippen molar-refractivity contribution in [3.05, 3.63) is 70.2 Å². The molecule has 0 bridgehead atoms. The molecular formula is C23H18Cl2N2O5. The van der Waals surface area contributed by atoms with Gasteiger partial charge in [0.05, 0.1) is 33.1 Å². The van der Waals surface area contributed by atoms with Gasteiger partial charge in [0.15, 0.2) is 6.61 Å². The number of hydrogen-bond acceptors (Lipinski definition) is 5. The summed E-state index contributed by atoms with van der Waals surface area (Å²) in [5.41, 5.74) is 0.840. The van der Waals surface area contributed by atoms with E-state index in [0.29, 0.717) is 29.2 Å². The molecule has 0 radical (unpaired) electrons. The largest absolute Gasteiger partial charge is 0.452 e. The quantitative estimate of drug-likeness (QED) is 0.398. The van der Waals surface area contributed by atoms with Gasteiger partial charge in [-0.2, -0.15) is 0 Å². The Morgan fingerprint density at radius 3 is 2.31 bits per heavy atom. The summed E-state index contributed by atoms with van der Waals surface area (Å²) in [6, 6.07) is 10.6. The molecule has 0 unspecified atom stereocenters. The van der Waals surface area contributed by atoms with Gasteiger partial charge in [-0.1, -0.05) is 41.4 Å². The molecule has 0 aromatic heterocycles. The summed E-state index contributed by atoms with van der Waals surface area (Å²) in [5.74, 6) is -2.59. The molecule has 4 rings (SSSR count). The second-order valence-electron chi connectivity index (χ2n) is 7.47. The van der Waals surface area contributed by atoms with Gasteiger partial charge in [-0.25, -0.2) is 4.79 Å². The van der Waals surface area contributed by atoms with Gasteiger partial charge in [0, 0.05) is 5.69 Å². The van der Waals surface area contributed by atoms with Crippen LogP contribution in [0.15, 0.2) is 54.6 Å². The lowest BCUT2D eigenvalue weighted by atomic mass is 9.85. The van der Waals surface area contributed by atoms with Crippen molar-refractivity contribution in [2.45, 2.75) is 12.8 Å². The molecule has 2 atom stereocenters. The van der Waals surface area contributed by atoms with Crippen LogP contribution in [0.1, 0.15) is 23.2 Å². The zero-order valence-electron chi connectivity index (χ0n) is 16.7. The molecule has 1 saturated heterocycles. The van der Waals surface area contributed by atoms with Crippen molar-refractivity contribution in [2.24, 2.45) is 11.8 Å². The fourth-order valence-corrected chi connectivity index (χ4v) is 4.11. The number of amides is 3. The molecule has 0 saturated carbocycles. The van der Waals surface area contributed by atoms with Gasteiger partial charge in [0.2, 0.25) is 11.8 Å². The number of nitrogens with one attached hydrogen (secondary N) is 1. The summed E-state index contributed by atoms with van der Waals surface area (Å²) in [6.07, 6.45) is 4.88. The average Bonchev–Trinajstić information content (AvgIpc) is 3.05. The molecule has 2 aromatic rings. The third-order valence-electron chi connectivity index (χ3n) is 5.39. The van der Waals surface area contributed by atoms with Crippen LogP contribution in [-0.2, 0) is 19.1 Å². The minimum atomic E-state index is -0.755. The molecule has 164 valence electrons. The zero-order chi connectivity index (χ0) is 22.8. The summed E-state index contributed by atoms with van der Waals surface area (Å²) in [7, 11) is 0. The number of anilines is 2. The summed E-state index contributed by atoms with van der Waals surface area (Å²) in [4.78, 5) is 51.2. The summed E-state index contributed by atoms with van der Waals surface area (Å²) in [6.45, 7) is -0.527. The molecule has 2 aromatic carbocycles. The van der Waals surface area contributed by atoms with Crippen LogP contribution < -0.4 is 10.2 Å². The Bertz CT molecular complexity index is 1120. The fourth-order valence-electron chi connectivity index (χ4n) is 3.81. The predicted octanol–water partition coefficient (Wildman–Crippen LogP) is 4.24. The van der Waals surface area contributed by atoms with Gasteiger partial charge in [0.1, 0.15) is 0 Å². The first-order valence-electron chi connectivity index (χ1n) is 9.90. The van der Waals surface area contributed by atoms with Crippen LogP contribution in [0.4, 0.5) is 11.4 Å². The minimum Gasteiger partial charge on any atom is -0.452 e. The number of hydrogen-bond donors (Lipinski definition) is 1. The first-order chi connectivity index (χ1) is 15.3. The maximum Gasteiger partial charge on any atom is 0.338 e. The van der Waals surface area contributed by atoms with Crippen molar-refractivity contribution in [3.8, 4) is 0 Å². The number of carbonyl (C=O) groups is 4. The smallest absolute Gasteiger partial charge is 0.338 e. The highest BCUT2D eigenvalue weighted by atomic mass is 35.5. The van der Waals surface area contributed by atoms with E-state index in [4.69, 9.17) is 27.9 Å². The van der Waals surface area contributed by atoms with Crippen LogP contribution in [-0.4, -0.2) is 30.3 Å². The fraction of sp³-hybridized carbons (Fsp3) is 0.217. The molecule has 2 aliphatic rings. The van der Waals surface area contributed by atoms with Crippen molar-refractivity contribution >= 4 is 58.3 Å². The first-order valence-corrected chi connectivity index (χ1v) is 10.7. The van der Waals surface area contributed by atoms with E-state index in [1.54, 1.807) is 18.2 Å². The van der Waals surface area contributed by atoms with Crippen LogP contribution in [0.2, 0.25) is 10.0 Å². The Labute approximate surface area is 193 Å². The summed E-state index contributed by atoms with van der Waals surface area (Å²) < 4.78 is 5.07. The summed E-state index contributed by atoms with van der Waals surface area (Å²) in [5, 5.41) is 3.18. The van der Waals surface area contributed by atoms with Crippen LogP contribution in [0.3, 0.4) is 0 Å². The van der Waals surface area contributed by atoms with Crippen LogP contribution in [0.25, 0.3) is 0 Å². The van der Waals surface area contributed by atoms with E-state index >= 15 is 0 Å². The molecule has 7 nitrogen and oxygen atoms in total. The normalized spacial score (nSPS) is 19.6. The van der Waals surface area contributed by atoms with Gasteiger partial charge in [0.25, 0.3) is 5.91 Å². The first kappa shape index (κ1) is 22.0. The molecule has 1 N–H and O–H groups in total. The number of halogens is 2. The lowest BCUT2D eigenvalue weighted by Crippen LogP contribution is -2.31. The number of nitrogens with zero attached hydrogens (tertiary/aromatic N) is 1. The third kappa shape index (κ3) is 4.40. The molecule has 1 fully saturated rings. The van der Waals surface area contributed by atoms with Crippen LogP contribution >= 0.6 is 23.2 Å². The maximum atomic E-state index is 12.7. The number of carbonyl (C=O) groups excluding carboxylic acids is 4. The SMILES string of the molecule is O=C(COC(=O)c1cccc(N2C(=O)[C@H]3CC=CC[C@H]3C2=O)c1)Nc1ccc(Cl)c(Cl)c1. The minimum absolute atomic E-state index is 0.124. The highest BCUT2D eigenvalue weighted by Crippen LogP contribution is 2.37. The molecule has 0 spiro atoms. The monoisotopic (exact) mass is 472 g/mol. The second-order valence-corrected chi connectivity index (χ2v) is 8.29. The van der Waals surface area contributed by atoms with Crippen molar-refractivity contribution in [1.82, 2.24) is 0 Å². The Kier molecular flexibility index (Phi) is 6.30. The number of allylic oxidation sites excluding steroid dienone is 2. The highest BCUT2D eigenvalue weighted by Gasteiger charge is 2.47. The van der Waals surface area contributed by atoms with Crippen molar-refractivity contribution in [2.75, 3.05) is 16.8 Å². The predicted molar refractivity (Wildman–Crippen MR) is 120 cm³/mol. The van der Waals surface area contributed by atoms with E-state index in [-0.39, 0.29) is 34.2 Å². The number of benzene rings is 2. The molecule has 32 heavy (non-hydrogen) atoms. The van der Waals surface area contributed by atoms with Crippen molar-refractivity contribution in [1.29, 1.82) is 0 Å². The zero-order valence-corrected chi connectivity index (χ0v) is 18.2. The van der Waals surface area contributed by atoms with Gasteiger partial charge in [-0.3, -0.25) is 19.3 Å². The van der Waals surface area contributed by atoms with Crippen molar-refractivity contribution < 1.29 is 23.9 Å². The molecule has 9 heteroatoms. The molecule has 1 heterocycles. The van der Waals surface area contributed by atoms with Crippen molar-refractivity contribution in [3.63, 3.8) is 0 Å². The molecule has 3 amide bonds. The Hall–Kier alpha value is -3.16. The third-order valence-corrected chi connectivity index (χ3v) is 6.12. The number of rotatable bonds is 5.